The summed E-state index contributed by atoms with van der Waals surface area (Å²) in [6, 6.07) is 10.0. The van der Waals surface area contributed by atoms with E-state index >= 15 is 0 Å². The number of aryl methyl sites for hydroxylation is 1. The standard InChI is InChI=1S/C19H27N3O3/c1-5-6-14-7-9-15(10-8-14)16-13-17(22(21-16)11-12-23)20-18(24)25-19(2,3)4/h7-10,13,23H,5-6,11-12H2,1-4H3,(H,20,24). The highest BCUT2D eigenvalue weighted by Gasteiger charge is 2.18. The van der Waals surface area contributed by atoms with Gasteiger partial charge in [0.05, 0.1) is 18.8 Å². The molecular weight excluding hydrogens is 318 g/mol. The zero-order chi connectivity index (χ0) is 18.4. The Hall–Kier alpha value is -2.34. The maximum Gasteiger partial charge on any atom is 0.413 e. The number of anilines is 1. The van der Waals surface area contributed by atoms with Crippen LogP contribution in [0.1, 0.15) is 39.7 Å². The first kappa shape index (κ1) is 19.0. The summed E-state index contributed by atoms with van der Waals surface area (Å²) in [5.41, 5.74) is 2.41. The van der Waals surface area contributed by atoms with Crippen LogP contribution in [0.3, 0.4) is 0 Å². The highest BCUT2D eigenvalue weighted by atomic mass is 16.6. The van der Waals surface area contributed by atoms with Crippen LogP contribution in [-0.4, -0.2) is 33.2 Å². The van der Waals surface area contributed by atoms with Crippen LogP contribution >= 0.6 is 0 Å². The van der Waals surface area contributed by atoms with E-state index in [0.29, 0.717) is 12.4 Å². The summed E-state index contributed by atoms with van der Waals surface area (Å²) in [6.45, 7) is 7.79. The van der Waals surface area contributed by atoms with Crippen molar-refractivity contribution in [2.45, 2.75) is 52.7 Å². The van der Waals surface area contributed by atoms with Crippen molar-refractivity contribution in [3.8, 4) is 11.3 Å². The summed E-state index contributed by atoms with van der Waals surface area (Å²) < 4.78 is 6.85. The molecule has 0 saturated carbocycles. The Labute approximate surface area is 148 Å². The molecule has 0 bridgehead atoms. The summed E-state index contributed by atoms with van der Waals surface area (Å²) in [5, 5.41) is 16.4. The lowest BCUT2D eigenvalue weighted by molar-refractivity contribution is 0.0634. The normalized spacial score (nSPS) is 11.4. The molecule has 1 aromatic heterocycles. The van der Waals surface area contributed by atoms with Gasteiger partial charge in [0.1, 0.15) is 11.4 Å². The summed E-state index contributed by atoms with van der Waals surface area (Å²) >= 11 is 0. The summed E-state index contributed by atoms with van der Waals surface area (Å²) in [6.07, 6.45) is 1.61. The number of benzene rings is 1. The molecule has 6 heteroatoms. The molecule has 1 heterocycles. The fraction of sp³-hybridized carbons (Fsp3) is 0.474. The predicted molar refractivity (Wildman–Crippen MR) is 98.6 cm³/mol. The number of nitrogens with one attached hydrogen (secondary N) is 1. The van der Waals surface area contributed by atoms with Gasteiger partial charge in [-0.15, -0.1) is 0 Å². The van der Waals surface area contributed by atoms with E-state index in [-0.39, 0.29) is 6.61 Å². The fourth-order valence-corrected chi connectivity index (χ4v) is 2.46. The number of nitrogens with zero attached hydrogens (tertiary/aromatic N) is 2. The third-order valence-electron chi connectivity index (χ3n) is 3.51. The van der Waals surface area contributed by atoms with Crippen molar-refractivity contribution in [3.63, 3.8) is 0 Å². The molecule has 1 amide bonds. The summed E-state index contributed by atoms with van der Waals surface area (Å²) in [5.74, 6) is 0.496. The van der Waals surface area contributed by atoms with Crippen molar-refractivity contribution >= 4 is 11.9 Å². The minimum atomic E-state index is -0.580. The predicted octanol–water partition coefficient (Wildman–Crippen LogP) is 3.84. The van der Waals surface area contributed by atoms with E-state index in [2.05, 4.69) is 29.5 Å². The van der Waals surface area contributed by atoms with Crippen LogP contribution in [0.25, 0.3) is 11.3 Å². The van der Waals surface area contributed by atoms with Crippen LogP contribution in [-0.2, 0) is 17.7 Å². The van der Waals surface area contributed by atoms with Gasteiger partial charge in [-0.2, -0.15) is 5.10 Å². The number of carbonyl (C=O) groups is 1. The van der Waals surface area contributed by atoms with Gasteiger partial charge in [0.2, 0.25) is 0 Å². The number of aliphatic hydroxyl groups is 1. The molecule has 25 heavy (non-hydrogen) atoms. The average Bonchev–Trinajstić information content (AvgIpc) is 2.89. The van der Waals surface area contributed by atoms with E-state index < -0.39 is 11.7 Å². The van der Waals surface area contributed by atoms with Crippen molar-refractivity contribution < 1.29 is 14.6 Å². The van der Waals surface area contributed by atoms with Gasteiger partial charge < -0.3 is 9.84 Å². The number of ether oxygens (including phenoxy) is 1. The minimum Gasteiger partial charge on any atom is -0.444 e. The fourth-order valence-electron chi connectivity index (χ4n) is 2.46. The lowest BCUT2D eigenvalue weighted by Crippen LogP contribution is -2.28. The van der Waals surface area contributed by atoms with E-state index in [1.165, 1.54) is 5.56 Å². The molecule has 0 spiro atoms. The highest BCUT2D eigenvalue weighted by Crippen LogP contribution is 2.23. The first-order valence-corrected chi connectivity index (χ1v) is 8.60. The first-order valence-electron chi connectivity index (χ1n) is 8.60. The molecular formula is C19H27N3O3. The number of rotatable bonds is 6. The van der Waals surface area contributed by atoms with Crippen molar-refractivity contribution in [2.24, 2.45) is 0 Å². The van der Waals surface area contributed by atoms with Crippen LogP contribution in [0.2, 0.25) is 0 Å². The monoisotopic (exact) mass is 345 g/mol. The van der Waals surface area contributed by atoms with Crippen molar-refractivity contribution in [3.05, 3.63) is 35.9 Å². The quantitative estimate of drug-likeness (QED) is 0.834. The number of carbonyl (C=O) groups excluding carboxylic acids is 1. The Balaban J connectivity index is 2.21. The van der Waals surface area contributed by atoms with Crippen LogP contribution in [0, 0.1) is 0 Å². The SMILES string of the molecule is CCCc1ccc(-c2cc(NC(=O)OC(C)(C)C)n(CCO)n2)cc1. The van der Waals surface area contributed by atoms with Crippen molar-refractivity contribution in [1.82, 2.24) is 9.78 Å². The second kappa shape index (κ2) is 8.16. The molecule has 1 aromatic carbocycles. The van der Waals surface area contributed by atoms with E-state index in [4.69, 9.17) is 4.74 Å². The first-order chi connectivity index (χ1) is 11.8. The van der Waals surface area contributed by atoms with E-state index in [1.807, 2.05) is 12.1 Å². The average molecular weight is 345 g/mol. The third-order valence-corrected chi connectivity index (χ3v) is 3.51. The lowest BCUT2D eigenvalue weighted by atomic mass is 10.1. The Morgan fingerprint density at radius 1 is 1.28 bits per heavy atom. The Bertz CT molecular complexity index is 700. The largest absolute Gasteiger partial charge is 0.444 e. The smallest absolute Gasteiger partial charge is 0.413 e. The zero-order valence-electron chi connectivity index (χ0n) is 15.4. The molecule has 0 saturated heterocycles. The Kier molecular flexibility index (Phi) is 6.20. The maximum atomic E-state index is 12.0. The number of hydrogen-bond donors (Lipinski definition) is 2. The Morgan fingerprint density at radius 3 is 2.52 bits per heavy atom. The van der Waals surface area contributed by atoms with Gasteiger partial charge in [0, 0.05) is 11.6 Å². The third kappa shape index (κ3) is 5.60. The molecule has 2 aromatic rings. The molecule has 6 nitrogen and oxygen atoms in total. The van der Waals surface area contributed by atoms with Crippen molar-refractivity contribution in [1.29, 1.82) is 0 Å². The van der Waals surface area contributed by atoms with Gasteiger partial charge in [0.15, 0.2) is 0 Å². The maximum absolute atomic E-state index is 12.0. The minimum absolute atomic E-state index is 0.0699. The van der Waals surface area contributed by atoms with Crippen LogP contribution in [0.4, 0.5) is 10.6 Å². The topological polar surface area (TPSA) is 76.4 Å². The molecule has 0 radical (unpaired) electrons. The highest BCUT2D eigenvalue weighted by molar-refractivity contribution is 5.84. The molecule has 0 aliphatic heterocycles. The van der Waals surface area contributed by atoms with Crippen LogP contribution < -0.4 is 5.32 Å². The second-order valence-corrected chi connectivity index (χ2v) is 6.94. The molecule has 0 unspecified atom stereocenters. The molecule has 0 aliphatic carbocycles. The van der Waals surface area contributed by atoms with Crippen molar-refractivity contribution in [2.75, 3.05) is 11.9 Å². The number of aliphatic hydroxyl groups excluding tert-OH is 1. The summed E-state index contributed by atoms with van der Waals surface area (Å²) in [4.78, 5) is 12.0. The lowest BCUT2D eigenvalue weighted by Gasteiger charge is -2.19. The van der Waals surface area contributed by atoms with Crippen LogP contribution in [0.5, 0.6) is 0 Å². The number of amides is 1. The number of hydrogen-bond acceptors (Lipinski definition) is 4. The Morgan fingerprint density at radius 2 is 1.96 bits per heavy atom. The second-order valence-electron chi connectivity index (χ2n) is 6.94. The van der Waals surface area contributed by atoms with E-state index in [1.54, 1.807) is 31.5 Å². The van der Waals surface area contributed by atoms with Crippen LogP contribution in [0.15, 0.2) is 30.3 Å². The molecule has 136 valence electrons. The summed E-state index contributed by atoms with van der Waals surface area (Å²) in [7, 11) is 0. The molecule has 0 aliphatic rings. The molecule has 0 atom stereocenters. The van der Waals surface area contributed by atoms with Gasteiger partial charge >= 0.3 is 6.09 Å². The van der Waals surface area contributed by atoms with Gasteiger partial charge in [0.25, 0.3) is 0 Å². The van der Waals surface area contributed by atoms with Gasteiger partial charge in [-0.25, -0.2) is 9.48 Å². The molecule has 2 rings (SSSR count). The number of aromatic nitrogens is 2. The molecule has 2 N–H and O–H groups in total. The molecule has 0 fully saturated rings. The van der Waals surface area contributed by atoms with Gasteiger partial charge in [-0.3, -0.25) is 5.32 Å². The van der Waals surface area contributed by atoms with Gasteiger partial charge in [-0.1, -0.05) is 37.6 Å². The van der Waals surface area contributed by atoms with E-state index in [0.717, 1.165) is 24.1 Å². The van der Waals surface area contributed by atoms with E-state index in [9.17, 15) is 9.90 Å². The van der Waals surface area contributed by atoms with Gasteiger partial charge in [-0.05, 0) is 32.8 Å². The zero-order valence-corrected chi connectivity index (χ0v) is 15.4.